The lowest BCUT2D eigenvalue weighted by molar-refractivity contribution is 0.233. The van der Waals surface area contributed by atoms with Gasteiger partial charge in [0.1, 0.15) is 0 Å². The summed E-state index contributed by atoms with van der Waals surface area (Å²) in [4.78, 5) is 2.36. The molecule has 0 unspecified atom stereocenters. The van der Waals surface area contributed by atoms with Gasteiger partial charge in [-0.25, -0.2) is 0 Å². The van der Waals surface area contributed by atoms with Crippen molar-refractivity contribution in [2.45, 2.75) is 59.4 Å². The average Bonchev–Trinajstić information content (AvgIpc) is 2.66. The molecule has 4 heteroatoms. The third-order valence-electron chi connectivity index (χ3n) is 2.55. The molecular weight excluding hydrogens is 214 g/mol. The van der Waals surface area contributed by atoms with E-state index >= 15 is 0 Å². The normalized spacial score (nSPS) is 12.4. The SMILES string of the molecule is CCCN(CCC)Cc1nnc(C(C)(C)C)o1. The average molecular weight is 239 g/mol. The van der Waals surface area contributed by atoms with Gasteiger partial charge in [-0.1, -0.05) is 34.6 Å². The Hall–Kier alpha value is -0.900. The number of hydrogen-bond acceptors (Lipinski definition) is 4. The van der Waals surface area contributed by atoms with Crippen LogP contribution < -0.4 is 0 Å². The van der Waals surface area contributed by atoms with E-state index in [1.54, 1.807) is 0 Å². The van der Waals surface area contributed by atoms with Crippen molar-refractivity contribution >= 4 is 0 Å². The first-order valence-corrected chi connectivity index (χ1v) is 6.52. The van der Waals surface area contributed by atoms with Gasteiger partial charge in [-0.05, 0) is 25.9 Å². The Morgan fingerprint density at radius 1 is 1.06 bits per heavy atom. The smallest absolute Gasteiger partial charge is 0.230 e. The van der Waals surface area contributed by atoms with Gasteiger partial charge in [0, 0.05) is 5.41 Å². The van der Waals surface area contributed by atoms with E-state index < -0.39 is 0 Å². The minimum atomic E-state index is -0.0639. The van der Waals surface area contributed by atoms with Crippen molar-refractivity contribution < 1.29 is 4.42 Å². The van der Waals surface area contributed by atoms with Gasteiger partial charge in [0.05, 0.1) is 6.54 Å². The highest BCUT2D eigenvalue weighted by Crippen LogP contribution is 2.20. The van der Waals surface area contributed by atoms with E-state index in [2.05, 4.69) is 49.7 Å². The highest BCUT2D eigenvalue weighted by molar-refractivity contribution is 4.96. The fraction of sp³-hybridized carbons (Fsp3) is 0.846. The minimum absolute atomic E-state index is 0.0639. The van der Waals surface area contributed by atoms with Gasteiger partial charge >= 0.3 is 0 Å². The number of rotatable bonds is 6. The van der Waals surface area contributed by atoms with Gasteiger partial charge in [-0.2, -0.15) is 0 Å². The van der Waals surface area contributed by atoms with Crippen molar-refractivity contribution in [3.63, 3.8) is 0 Å². The molecule has 4 nitrogen and oxygen atoms in total. The molecule has 0 radical (unpaired) electrons. The maximum atomic E-state index is 5.71. The minimum Gasteiger partial charge on any atom is -0.423 e. The molecule has 0 aromatic carbocycles. The molecule has 0 aliphatic rings. The molecule has 17 heavy (non-hydrogen) atoms. The van der Waals surface area contributed by atoms with Crippen molar-refractivity contribution in [3.8, 4) is 0 Å². The second-order valence-corrected chi connectivity index (χ2v) is 5.53. The van der Waals surface area contributed by atoms with Crippen molar-refractivity contribution in [2.24, 2.45) is 0 Å². The van der Waals surface area contributed by atoms with Crippen LogP contribution in [0.4, 0.5) is 0 Å². The van der Waals surface area contributed by atoms with E-state index in [4.69, 9.17) is 4.42 Å². The lowest BCUT2D eigenvalue weighted by Crippen LogP contribution is -2.25. The van der Waals surface area contributed by atoms with Gasteiger partial charge in [0.25, 0.3) is 0 Å². The van der Waals surface area contributed by atoms with Crippen LogP contribution in [0.25, 0.3) is 0 Å². The molecule has 0 aliphatic carbocycles. The molecular formula is C13H25N3O. The molecule has 0 saturated heterocycles. The van der Waals surface area contributed by atoms with E-state index in [1.807, 2.05) is 0 Å². The zero-order valence-electron chi connectivity index (χ0n) is 11.8. The quantitative estimate of drug-likeness (QED) is 0.765. The molecule has 0 spiro atoms. The van der Waals surface area contributed by atoms with Crippen LogP contribution in [-0.4, -0.2) is 28.2 Å². The van der Waals surface area contributed by atoms with Crippen LogP contribution in [0.1, 0.15) is 59.2 Å². The molecule has 0 N–H and O–H groups in total. The molecule has 0 saturated carbocycles. The number of aromatic nitrogens is 2. The Balaban J connectivity index is 2.63. The van der Waals surface area contributed by atoms with Crippen LogP contribution in [0.3, 0.4) is 0 Å². The predicted octanol–water partition coefficient (Wildman–Crippen LogP) is 2.99. The van der Waals surface area contributed by atoms with Crippen LogP contribution in [0.5, 0.6) is 0 Å². The second-order valence-electron chi connectivity index (χ2n) is 5.53. The molecule has 1 aromatic heterocycles. The number of nitrogens with zero attached hydrogens (tertiary/aromatic N) is 3. The van der Waals surface area contributed by atoms with E-state index in [0.717, 1.165) is 44.3 Å². The molecule has 0 bridgehead atoms. The third kappa shape index (κ3) is 4.46. The van der Waals surface area contributed by atoms with Crippen LogP contribution in [-0.2, 0) is 12.0 Å². The van der Waals surface area contributed by atoms with Crippen molar-refractivity contribution in [2.75, 3.05) is 13.1 Å². The van der Waals surface area contributed by atoms with Crippen LogP contribution in [0.2, 0.25) is 0 Å². The summed E-state index contributed by atoms with van der Waals surface area (Å²) < 4.78 is 5.71. The summed E-state index contributed by atoms with van der Waals surface area (Å²) in [5.74, 6) is 1.46. The molecule has 1 heterocycles. The first-order chi connectivity index (χ1) is 7.97. The van der Waals surface area contributed by atoms with E-state index in [1.165, 1.54) is 0 Å². The molecule has 0 fully saturated rings. The standard InChI is InChI=1S/C13H25N3O/c1-6-8-16(9-7-2)10-11-14-15-12(17-11)13(3,4)5/h6-10H2,1-5H3. The van der Waals surface area contributed by atoms with Gasteiger partial charge < -0.3 is 4.42 Å². The molecule has 1 aromatic rings. The first-order valence-electron chi connectivity index (χ1n) is 6.52. The van der Waals surface area contributed by atoms with Gasteiger partial charge in [-0.3, -0.25) is 4.90 Å². The Labute approximate surface area is 104 Å². The van der Waals surface area contributed by atoms with Gasteiger partial charge in [0.2, 0.25) is 11.8 Å². The predicted molar refractivity (Wildman–Crippen MR) is 68.9 cm³/mol. The first kappa shape index (κ1) is 14.2. The van der Waals surface area contributed by atoms with Crippen molar-refractivity contribution in [3.05, 3.63) is 11.8 Å². The van der Waals surface area contributed by atoms with Gasteiger partial charge in [0.15, 0.2) is 0 Å². The Bertz CT molecular complexity index is 322. The van der Waals surface area contributed by atoms with Crippen LogP contribution in [0.15, 0.2) is 4.42 Å². The third-order valence-corrected chi connectivity index (χ3v) is 2.55. The molecule has 0 aliphatic heterocycles. The Morgan fingerprint density at radius 2 is 1.65 bits per heavy atom. The number of hydrogen-bond donors (Lipinski definition) is 0. The van der Waals surface area contributed by atoms with Crippen molar-refractivity contribution in [1.82, 2.24) is 15.1 Å². The van der Waals surface area contributed by atoms with Crippen LogP contribution >= 0.6 is 0 Å². The summed E-state index contributed by atoms with van der Waals surface area (Å²) in [6.07, 6.45) is 2.31. The largest absolute Gasteiger partial charge is 0.423 e. The maximum Gasteiger partial charge on any atom is 0.230 e. The molecule has 1 rings (SSSR count). The Kier molecular flexibility index (Phi) is 5.12. The van der Waals surface area contributed by atoms with Crippen molar-refractivity contribution in [1.29, 1.82) is 0 Å². The molecule has 98 valence electrons. The summed E-state index contributed by atoms with van der Waals surface area (Å²) in [6.45, 7) is 13.6. The molecule has 0 amide bonds. The monoisotopic (exact) mass is 239 g/mol. The van der Waals surface area contributed by atoms with Gasteiger partial charge in [-0.15, -0.1) is 10.2 Å². The Morgan fingerprint density at radius 3 is 2.06 bits per heavy atom. The maximum absolute atomic E-state index is 5.71. The summed E-state index contributed by atoms with van der Waals surface area (Å²) in [6, 6.07) is 0. The topological polar surface area (TPSA) is 42.2 Å². The second kappa shape index (κ2) is 6.15. The summed E-state index contributed by atoms with van der Waals surface area (Å²) in [7, 11) is 0. The highest BCUT2D eigenvalue weighted by atomic mass is 16.4. The van der Waals surface area contributed by atoms with E-state index in [9.17, 15) is 0 Å². The van der Waals surface area contributed by atoms with Crippen LogP contribution in [0, 0.1) is 0 Å². The fourth-order valence-corrected chi connectivity index (χ4v) is 1.71. The zero-order chi connectivity index (χ0) is 12.9. The summed E-state index contributed by atoms with van der Waals surface area (Å²) >= 11 is 0. The lowest BCUT2D eigenvalue weighted by Gasteiger charge is -2.18. The van der Waals surface area contributed by atoms with E-state index in [0.29, 0.717) is 0 Å². The summed E-state index contributed by atoms with van der Waals surface area (Å²) in [5.41, 5.74) is -0.0639. The van der Waals surface area contributed by atoms with E-state index in [-0.39, 0.29) is 5.41 Å². The molecule has 0 atom stereocenters. The summed E-state index contributed by atoms with van der Waals surface area (Å²) in [5, 5.41) is 8.25. The fourth-order valence-electron chi connectivity index (χ4n) is 1.71. The lowest BCUT2D eigenvalue weighted by atomic mass is 9.97. The zero-order valence-corrected chi connectivity index (χ0v) is 11.8. The highest BCUT2D eigenvalue weighted by Gasteiger charge is 2.21.